The number of ether oxygens (including phenoxy) is 2. The molecular formula is C27H40O7. The predicted molar refractivity (Wildman–Crippen MR) is 129 cm³/mol. The molecule has 1 aromatic carbocycles. The highest BCUT2D eigenvalue weighted by Crippen LogP contribution is 2.47. The van der Waals surface area contributed by atoms with Crippen LogP contribution in [0.25, 0.3) is 0 Å². The van der Waals surface area contributed by atoms with Gasteiger partial charge in [-0.15, -0.1) is 0 Å². The molecule has 1 unspecified atom stereocenters. The lowest BCUT2D eigenvalue weighted by molar-refractivity contribution is -0.312. The third-order valence-electron chi connectivity index (χ3n) is 7.12. The summed E-state index contributed by atoms with van der Waals surface area (Å²) in [7, 11) is 0. The molecule has 1 aliphatic heterocycles. The molecule has 0 bridgehead atoms. The van der Waals surface area contributed by atoms with Crippen molar-refractivity contribution in [3.63, 3.8) is 0 Å². The molecule has 1 saturated heterocycles. The van der Waals surface area contributed by atoms with Gasteiger partial charge in [-0.05, 0) is 63.1 Å². The largest absolute Gasteiger partial charge is 0.507 e. The molecule has 7 heteroatoms. The minimum Gasteiger partial charge on any atom is -0.507 e. The molecule has 1 aromatic rings. The van der Waals surface area contributed by atoms with Gasteiger partial charge in [0.1, 0.15) is 17.6 Å². The van der Waals surface area contributed by atoms with E-state index in [1.54, 1.807) is 6.07 Å². The van der Waals surface area contributed by atoms with Crippen LogP contribution in [0.4, 0.5) is 0 Å². The fourth-order valence-corrected chi connectivity index (χ4v) is 5.07. The second-order valence-electron chi connectivity index (χ2n) is 9.85. The number of aryl methyl sites for hydroxylation is 1. The molecule has 7 atom stereocenters. The van der Waals surface area contributed by atoms with E-state index in [1.165, 1.54) is 5.57 Å². The van der Waals surface area contributed by atoms with Gasteiger partial charge in [0.05, 0.1) is 18.6 Å². The molecule has 0 spiro atoms. The van der Waals surface area contributed by atoms with Crippen LogP contribution in [0.2, 0.25) is 0 Å². The Morgan fingerprint density at radius 1 is 1.18 bits per heavy atom. The van der Waals surface area contributed by atoms with Gasteiger partial charge in [0.15, 0.2) is 6.29 Å². The topological polar surface area (TPSA) is 120 Å². The third-order valence-corrected chi connectivity index (χ3v) is 7.12. The number of phenols is 1. The average Bonchev–Trinajstić information content (AvgIpc) is 2.77. The summed E-state index contributed by atoms with van der Waals surface area (Å²) in [6.07, 6.45) is 2.02. The Labute approximate surface area is 202 Å². The number of hydrogen-bond donors (Lipinski definition) is 5. The Balaban J connectivity index is 2.05. The SMILES string of the molecule is C=C(C)[C@@H]1CCC(C)=C[C@H]1c1c(O)cc(CCCCC)cc1OC1O[C@H](O)[C@@H](O)[C@H](O)[C@H]1CO. The highest BCUT2D eigenvalue weighted by molar-refractivity contribution is 5.52. The first-order valence-corrected chi connectivity index (χ1v) is 12.3. The van der Waals surface area contributed by atoms with E-state index in [0.717, 1.165) is 49.7 Å². The zero-order chi connectivity index (χ0) is 25.0. The number of aliphatic hydroxyl groups is 4. The number of allylic oxidation sites excluding steroid dienone is 3. The Morgan fingerprint density at radius 2 is 1.91 bits per heavy atom. The van der Waals surface area contributed by atoms with E-state index < -0.39 is 37.3 Å². The second-order valence-corrected chi connectivity index (χ2v) is 9.85. The van der Waals surface area contributed by atoms with Gasteiger partial charge in [-0.25, -0.2) is 0 Å². The summed E-state index contributed by atoms with van der Waals surface area (Å²) in [5.41, 5.74) is 3.74. The molecule has 34 heavy (non-hydrogen) atoms. The first-order chi connectivity index (χ1) is 16.2. The highest BCUT2D eigenvalue weighted by atomic mass is 16.7. The first kappa shape index (κ1) is 26.7. The second kappa shape index (κ2) is 11.7. The van der Waals surface area contributed by atoms with E-state index >= 15 is 0 Å². The summed E-state index contributed by atoms with van der Waals surface area (Å²) < 4.78 is 11.6. The maximum absolute atomic E-state index is 11.2. The molecule has 7 nitrogen and oxygen atoms in total. The molecule has 1 fully saturated rings. The van der Waals surface area contributed by atoms with Crippen LogP contribution < -0.4 is 4.74 Å². The quantitative estimate of drug-likeness (QED) is 0.273. The molecule has 1 heterocycles. The van der Waals surface area contributed by atoms with E-state index in [0.29, 0.717) is 11.3 Å². The number of rotatable bonds is 9. The summed E-state index contributed by atoms with van der Waals surface area (Å²) in [6.45, 7) is 9.85. The molecule has 2 aliphatic rings. The number of unbranched alkanes of at least 4 members (excludes halogenated alkanes) is 2. The van der Waals surface area contributed by atoms with Crippen molar-refractivity contribution in [1.82, 2.24) is 0 Å². The fourth-order valence-electron chi connectivity index (χ4n) is 5.07. The van der Waals surface area contributed by atoms with E-state index in [2.05, 4.69) is 26.5 Å². The van der Waals surface area contributed by atoms with Crippen molar-refractivity contribution in [2.75, 3.05) is 6.61 Å². The Bertz CT molecular complexity index is 880. The van der Waals surface area contributed by atoms with Crippen LogP contribution in [0.5, 0.6) is 11.5 Å². The number of aromatic hydroxyl groups is 1. The molecular weight excluding hydrogens is 436 g/mol. The van der Waals surface area contributed by atoms with Gasteiger partial charge < -0.3 is 35.0 Å². The number of hydrogen-bond acceptors (Lipinski definition) is 7. The summed E-state index contributed by atoms with van der Waals surface area (Å²) in [5.74, 6) is -0.529. The lowest BCUT2D eigenvalue weighted by atomic mass is 9.73. The van der Waals surface area contributed by atoms with Crippen LogP contribution in [0.3, 0.4) is 0 Å². The minimum absolute atomic E-state index is 0.113. The van der Waals surface area contributed by atoms with Crippen LogP contribution in [0.1, 0.15) is 69.9 Å². The molecule has 0 amide bonds. The Morgan fingerprint density at radius 3 is 2.56 bits per heavy atom. The van der Waals surface area contributed by atoms with Crippen LogP contribution in [-0.2, 0) is 11.2 Å². The first-order valence-electron chi connectivity index (χ1n) is 12.3. The van der Waals surface area contributed by atoms with Gasteiger partial charge >= 0.3 is 0 Å². The van der Waals surface area contributed by atoms with Gasteiger partial charge in [-0.3, -0.25) is 0 Å². The molecule has 190 valence electrons. The summed E-state index contributed by atoms with van der Waals surface area (Å²) >= 11 is 0. The molecule has 0 aromatic heterocycles. The zero-order valence-electron chi connectivity index (χ0n) is 20.5. The van der Waals surface area contributed by atoms with Crippen molar-refractivity contribution in [1.29, 1.82) is 0 Å². The van der Waals surface area contributed by atoms with Gasteiger partial charge in [0, 0.05) is 11.5 Å². The van der Waals surface area contributed by atoms with E-state index in [4.69, 9.17) is 9.47 Å². The molecule has 3 rings (SSSR count). The lowest BCUT2D eigenvalue weighted by Crippen LogP contribution is -2.57. The normalized spacial score (nSPS) is 31.7. The van der Waals surface area contributed by atoms with Crippen LogP contribution >= 0.6 is 0 Å². The molecule has 0 radical (unpaired) electrons. The lowest BCUT2D eigenvalue weighted by Gasteiger charge is -2.40. The van der Waals surface area contributed by atoms with Crippen LogP contribution in [-0.4, -0.2) is 56.9 Å². The maximum Gasteiger partial charge on any atom is 0.210 e. The Hall–Kier alpha value is -1.90. The van der Waals surface area contributed by atoms with Gasteiger partial charge in [-0.1, -0.05) is 43.6 Å². The molecule has 5 N–H and O–H groups in total. The van der Waals surface area contributed by atoms with Crippen molar-refractivity contribution < 1.29 is 35.0 Å². The van der Waals surface area contributed by atoms with E-state index in [1.807, 2.05) is 13.0 Å². The number of phenolic OH excluding ortho intramolecular Hbond substituents is 1. The third kappa shape index (κ3) is 5.83. The van der Waals surface area contributed by atoms with Crippen LogP contribution in [0.15, 0.2) is 35.9 Å². The Kier molecular flexibility index (Phi) is 9.18. The predicted octanol–water partition coefficient (Wildman–Crippen LogP) is 3.52. The van der Waals surface area contributed by atoms with Crippen molar-refractivity contribution in [2.45, 2.75) is 90.0 Å². The minimum atomic E-state index is -1.66. The van der Waals surface area contributed by atoms with Gasteiger partial charge in [0.2, 0.25) is 6.29 Å². The van der Waals surface area contributed by atoms with Crippen molar-refractivity contribution >= 4 is 0 Å². The standard InChI is InChI=1S/C27H40O7/c1-5-6-7-8-17-12-21(29)23(19-11-16(4)9-10-18(19)15(2)3)22(13-17)33-27-20(14-28)24(30)25(31)26(32)34-27/h11-13,18-20,24-32H,2,5-10,14H2,1,3-4H3/t18-,19+,20+,24+,25-,26-,27?/m0/s1. The highest BCUT2D eigenvalue weighted by Gasteiger charge is 2.45. The average molecular weight is 477 g/mol. The number of benzene rings is 1. The van der Waals surface area contributed by atoms with E-state index in [-0.39, 0.29) is 17.6 Å². The smallest absolute Gasteiger partial charge is 0.210 e. The summed E-state index contributed by atoms with van der Waals surface area (Å²) in [5, 5.41) is 51.5. The van der Waals surface area contributed by atoms with Gasteiger partial charge in [0.25, 0.3) is 0 Å². The van der Waals surface area contributed by atoms with Crippen molar-refractivity contribution in [3.05, 3.63) is 47.1 Å². The summed E-state index contributed by atoms with van der Waals surface area (Å²) in [4.78, 5) is 0. The van der Waals surface area contributed by atoms with Crippen molar-refractivity contribution in [3.8, 4) is 11.5 Å². The summed E-state index contributed by atoms with van der Waals surface area (Å²) in [6, 6.07) is 3.66. The zero-order valence-corrected chi connectivity index (χ0v) is 20.5. The van der Waals surface area contributed by atoms with E-state index in [9.17, 15) is 25.5 Å². The van der Waals surface area contributed by atoms with Crippen LogP contribution in [0, 0.1) is 11.8 Å². The molecule has 0 saturated carbocycles. The van der Waals surface area contributed by atoms with Crippen molar-refractivity contribution in [2.24, 2.45) is 11.8 Å². The maximum atomic E-state index is 11.2. The number of aliphatic hydroxyl groups excluding tert-OH is 4. The monoisotopic (exact) mass is 476 g/mol. The van der Waals surface area contributed by atoms with Gasteiger partial charge in [-0.2, -0.15) is 0 Å². The fraction of sp³-hybridized carbons (Fsp3) is 0.630. The molecule has 1 aliphatic carbocycles.